The van der Waals surface area contributed by atoms with E-state index in [2.05, 4.69) is 27.2 Å². The van der Waals surface area contributed by atoms with Gasteiger partial charge >= 0.3 is 0 Å². The molecule has 0 saturated heterocycles. The predicted molar refractivity (Wildman–Crippen MR) is 122 cm³/mol. The second-order valence-corrected chi connectivity index (χ2v) is 7.37. The maximum atomic E-state index is 12.9. The molecule has 1 amide bonds. The molecule has 2 aromatic rings. The van der Waals surface area contributed by atoms with Crippen LogP contribution in [0.4, 0.5) is 5.95 Å². The largest absolute Gasteiger partial charge is 0.402 e. The Morgan fingerprint density at radius 3 is 2.63 bits per heavy atom. The normalized spacial score (nSPS) is 12.8. The first kappa shape index (κ1) is 22.8. The number of amides is 1. The van der Waals surface area contributed by atoms with E-state index < -0.39 is 0 Å². The molecule has 30 heavy (non-hydrogen) atoms. The molecule has 4 N–H and O–H groups in total. The van der Waals surface area contributed by atoms with Gasteiger partial charge in [-0.05, 0) is 55.5 Å². The summed E-state index contributed by atoms with van der Waals surface area (Å²) >= 11 is 1.59. The number of allylic oxidation sites excluding steroid dienone is 5. The summed E-state index contributed by atoms with van der Waals surface area (Å²) in [7, 11) is 0. The van der Waals surface area contributed by atoms with Crippen LogP contribution in [0.2, 0.25) is 0 Å². The lowest BCUT2D eigenvalue weighted by molar-refractivity contribution is -0.112. The molecule has 0 saturated carbocycles. The highest BCUT2D eigenvalue weighted by Gasteiger charge is 2.14. The molecule has 0 atom stereocenters. The Balaban J connectivity index is 2.16. The molecule has 0 radical (unpaired) electrons. The van der Waals surface area contributed by atoms with Crippen molar-refractivity contribution < 1.29 is 9.59 Å². The monoisotopic (exact) mass is 423 g/mol. The second kappa shape index (κ2) is 10.9. The fourth-order valence-corrected chi connectivity index (χ4v) is 3.13. The van der Waals surface area contributed by atoms with Crippen molar-refractivity contribution >= 4 is 29.5 Å². The maximum absolute atomic E-state index is 12.9. The van der Waals surface area contributed by atoms with Crippen molar-refractivity contribution in [1.82, 2.24) is 15.3 Å². The number of thiophene rings is 1. The van der Waals surface area contributed by atoms with Crippen molar-refractivity contribution in [3.05, 3.63) is 75.9 Å². The van der Waals surface area contributed by atoms with E-state index in [0.29, 0.717) is 40.5 Å². The zero-order chi connectivity index (χ0) is 22.1. The SMILES string of the molecule is C=C(C)/C(=C\C=C(/C)C(=O)/C(CNc1nccc(-c2ccsc2)n1)=C(/C)N)NC=O. The van der Waals surface area contributed by atoms with Gasteiger partial charge in [-0.15, -0.1) is 0 Å². The van der Waals surface area contributed by atoms with Crippen molar-refractivity contribution in [3.8, 4) is 11.3 Å². The van der Waals surface area contributed by atoms with Crippen LogP contribution >= 0.6 is 11.3 Å². The Bertz CT molecular complexity index is 1020. The number of rotatable bonds is 10. The zero-order valence-electron chi connectivity index (χ0n) is 17.2. The van der Waals surface area contributed by atoms with Crippen LogP contribution in [0.25, 0.3) is 11.3 Å². The van der Waals surface area contributed by atoms with Gasteiger partial charge in [0.25, 0.3) is 0 Å². The lowest BCUT2D eigenvalue weighted by Gasteiger charge is -2.11. The van der Waals surface area contributed by atoms with Gasteiger partial charge in [0, 0.05) is 40.7 Å². The molecule has 0 bridgehead atoms. The molecule has 2 heterocycles. The Kier molecular flexibility index (Phi) is 8.25. The summed E-state index contributed by atoms with van der Waals surface area (Å²) in [6, 6.07) is 3.81. The van der Waals surface area contributed by atoms with Gasteiger partial charge < -0.3 is 16.4 Å². The first-order valence-corrected chi connectivity index (χ1v) is 10.1. The molecule has 0 aliphatic carbocycles. The summed E-state index contributed by atoms with van der Waals surface area (Å²) in [6.07, 6.45) is 5.49. The number of nitrogens with one attached hydrogen (secondary N) is 2. The molecule has 0 spiro atoms. The van der Waals surface area contributed by atoms with E-state index in [1.54, 1.807) is 50.5 Å². The van der Waals surface area contributed by atoms with E-state index in [1.165, 1.54) is 0 Å². The van der Waals surface area contributed by atoms with Gasteiger partial charge in [-0.3, -0.25) is 9.59 Å². The van der Waals surface area contributed by atoms with E-state index in [9.17, 15) is 9.59 Å². The summed E-state index contributed by atoms with van der Waals surface area (Å²) in [4.78, 5) is 32.3. The summed E-state index contributed by atoms with van der Waals surface area (Å²) in [5.74, 6) is 0.200. The smallest absolute Gasteiger partial charge is 0.223 e. The molecule has 0 aromatic carbocycles. The molecular weight excluding hydrogens is 398 g/mol. The highest BCUT2D eigenvalue weighted by molar-refractivity contribution is 7.08. The predicted octanol–water partition coefficient (Wildman–Crippen LogP) is 3.57. The Labute approximate surface area is 180 Å². The fraction of sp³-hybridized carbons (Fsp3) is 0.182. The summed E-state index contributed by atoms with van der Waals surface area (Å²) in [6.45, 7) is 9.10. The number of aromatic nitrogens is 2. The lowest BCUT2D eigenvalue weighted by Crippen LogP contribution is -2.19. The van der Waals surface area contributed by atoms with Crippen LogP contribution in [0.1, 0.15) is 20.8 Å². The maximum Gasteiger partial charge on any atom is 0.223 e. The minimum Gasteiger partial charge on any atom is -0.402 e. The number of ketones is 1. The van der Waals surface area contributed by atoms with Crippen LogP contribution in [0.15, 0.2) is 75.9 Å². The third-order valence-electron chi connectivity index (χ3n) is 4.18. The van der Waals surface area contributed by atoms with Crippen LogP contribution in [-0.2, 0) is 9.59 Å². The van der Waals surface area contributed by atoms with Crippen LogP contribution in [0.5, 0.6) is 0 Å². The van der Waals surface area contributed by atoms with E-state index in [0.717, 1.165) is 11.3 Å². The van der Waals surface area contributed by atoms with Gasteiger partial charge in [-0.25, -0.2) is 9.97 Å². The quantitative estimate of drug-likeness (QED) is 0.306. The molecular formula is C22H25N5O2S. The number of hydrogen-bond acceptors (Lipinski definition) is 7. The average Bonchev–Trinajstić information content (AvgIpc) is 3.25. The summed E-state index contributed by atoms with van der Waals surface area (Å²) < 4.78 is 0. The standard InChI is InChI=1S/C22H25N5O2S/c1-14(2)19(26-13-28)6-5-15(3)21(29)18(16(4)23)11-25-22-24-9-7-20(27-22)17-8-10-30-12-17/h5-10,12-13H,1,11,23H2,2-4H3,(H,26,28)(H,24,25,27)/b15-5+,18-16-,19-6+. The van der Waals surface area contributed by atoms with Crippen molar-refractivity contribution in [2.75, 3.05) is 11.9 Å². The van der Waals surface area contributed by atoms with Crippen molar-refractivity contribution in [3.63, 3.8) is 0 Å². The number of nitrogens with two attached hydrogens (primary N) is 1. The van der Waals surface area contributed by atoms with Crippen molar-refractivity contribution in [1.29, 1.82) is 0 Å². The third-order valence-corrected chi connectivity index (χ3v) is 4.86. The van der Waals surface area contributed by atoms with Gasteiger partial charge in [0.2, 0.25) is 12.4 Å². The van der Waals surface area contributed by atoms with E-state index in [4.69, 9.17) is 5.73 Å². The number of carbonyl (C=O) groups is 2. The highest BCUT2D eigenvalue weighted by atomic mass is 32.1. The molecule has 2 aromatic heterocycles. The van der Waals surface area contributed by atoms with Crippen LogP contribution in [-0.4, -0.2) is 28.7 Å². The van der Waals surface area contributed by atoms with Crippen molar-refractivity contribution in [2.45, 2.75) is 20.8 Å². The minimum atomic E-state index is -0.208. The third kappa shape index (κ3) is 6.25. The number of carbonyl (C=O) groups excluding carboxylic acids is 2. The van der Waals surface area contributed by atoms with Gasteiger partial charge in [-0.1, -0.05) is 12.7 Å². The van der Waals surface area contributed by atoms with Crippen LogP contribution in [0, 0.1) is 0 Å². The molecule has 0 unspecified atom stereocenters. The fourth-order valence-electron chi connectivity index (χ4n) is 2.48. The van der Waals surface area contributed by atoms with Crippen LogP contribution < -0.4 is 16.4 Å². The average molecular weight is 424 g/mol. The molecule has 0 aliphatic rings. The Hall–Kier alpha value is -3.52. The van der Waals surface area contributed by atoms with Gasteiger partial charge in [0.05, 0.1) is 5.69 Å². The molecule has 0 aliphatic heterocycles. The Morgan fingerprint density at radius 2 is 2.03 bits per heavy atom. The van der Waals surface area contributed by atoms with E-state index >= 15 is 0 Å². The Morgan fingerprint density at radius 1 is 1.27 bits per heavy atom. The van der Waals surface area contributed by atoms with E-state index in [1.807, 2.05) is 22.9 Å². The minimum absolute atomic E-state index is 0.184. The molecule has 7 nitrogen and oxygen atoms in total. The topological polar surface area (TPSA) is 110 Å². The van der Waals surface area contributed by atoms with E-state index in [-0.39, 0.29) is 12.3 Å². The number of Topliss-reactive ketones (excluding diaryl/α,β-unsaturated/α-hetero) is 1. The molecule has 156 valence electrons. The van der Waals surface area contributed by atoms with Crippen molar-refractivity contribution in [2.24, 2.45) is 5.73 Å². The molecule has 0 fully saturated rings. The summed E-state index contributed by atoms with van der Waals surface area (Å²) in [5.41, 5.74) is 10.3. The van der Waals surface area contributed by atoms with Crippen LogP contribution in [0.3, 0.4) is 0 Å². The number of nitrogens with zero attached hydrogens (tertiary/aromatic N) is 2. The first-order valence-electron chi connectivity index (χ1n) is 9.17. The molecule has 2 rings (SSSR count). The van der Waals surface area contributed by atoms with Gasteiger partial charge in [0.15, 0.2) is 5.78 Å². The number of anilines is 1. The molecule has 8 heteroatoms. The summed E-state index contributed by atoms with van der Waals surface area (Å²) in [5, 5.41) is 9.61. The van der Waals surface area contributed by atoms with Gasteiger partial charge in [0.1, 0.15) is 0 Å². The first-order chi connectivity index (χ1) is 14.3. The number of hydrogen-bond donors (Lipinski definition) is 3. The lowest BCUT2D eigenvalue weighted by atomic mass is 10.0. The second-order valence-electron chi connectivity index (χ2n) is 6.59. The zero-order valence-corrected chi connectivity index (χ0v) is 18.0. The van der Waals surface area contributed by atoms with Gasteiger partial charge in [-0.2, -0.15) is 11.3 Å². The highest BCUT2D eigenvalue weighted by Crippen LogP contribution is 2.20.